The first-order valence-electron chi connectivity index (χ1n) is 7.91. The number of esters is 1. The van der Waals surface area contributed by atoms with Crippen LogP contribution in [0.5, 0.6) is 0 Å². The van der Waals surface area contributed by atoms with Crippen LogP contribution in [0.15, 0.2) is 48.5 Å². The molecule has 0 radical (unpaired) electrons. The van der Waals surface area contributed by atoms with E-state index in [-0.39, 0.29) is 29.1 Å². The van der Waals surface area contributed by atoms with Gasteiger partial charge in [0.1, 0.15) is 0 Å². The van der Waals surface area contributed by atoms with Crippen molar-refractivity contribution in [2.45, 2.75) is 25.8 Å². The summed E-state index contributed by atoms with van der Waals surface area (Å²) in [7, 11) is 0. The lowest BCUT2D eigenvalue weighted by atomic mass is 10.1. The molecule has 1 amide bonds. The highest BCUT2D eigenvalue weighted by atomic mass is 35.5. The smallest absolute Gasteiger partial charge is 0.338 e. The van der Waals surface area contributed by atoms with Crippen molar-refractivity contribution >= 4 is 35.1 Å². The summed E-state index contributed by atoms with van der Waals surface area (Å²) in [6.07, 6.45) is 1.67. The SMILES string of the molecule is C[C@@H](CCc1ccccc1)NC(=O)COC(=O)c1ccc(Cl)c(Cl)c1. The number of amides is 1. The van der Waals surface area contributed by atoms with Crippen molar-refractivity contribution in [1.29, 1.82) is 0 Å². The van der Waals surface area contributed by atoms with Crippen molar-refractivity contribution < 1.29 is 14.3 Å². The Balaban J connectivity index is 1.74. The van der Waals surface area contributed by atoms with Crippen molar-refractivity contribution in [2.24, 2.45) is 0 Å². The van der Waals surface area contributed by atoms with E-state index in [0.29, 0.717) is 5.02 Å². The first-order chi connectivity index (χ1) is 12.0. The third-order valence-corrected chi connectivity index (χ3v) is 4.34. The Kier molecular flexibility index (Phi) is 7.29. The van der Waals surface area contributed by atoms with Gasteiger partial charge in [0.2, 0.25) is 0 Å². The average molecular weight is 380 g/mol. The van der Waals surface area contributed by atoms with Crippen molar-refractivity contribution in [1.82, 2.24) is 5.32 Å². The number of nitrogens with one attached hydrogen (secondary N) is 1. The summed E-state index contributed by atoms with van der Waals surface area (Å²) in [6.45, 7) is 1.58. The van der Waals surface area contributed by atoms with Gasteiger partial charge in [-0.05, 0) is 43.5 Å². The Morgan fingerprint density at radius 3 is 2.48 bits per heavy atom. The zero-order chi connectivity index (χ0) is 18.2. The van der Waals surface area contributed by atoms with E-state index in [1.165, 1.54) is 23.8 Å². The Labute approximate surface area is 157 Å². The zero-order valence-electron chi connectivity index (χ0n) is 13.8. The average Bonchev–Trinajstić information content (AvgIpc) is 2.61. The summed E-state index contributed by atoms with van der Waals surface area (Å²) in [4.78, 5) is 23.8. The molecule has 0 saturated heterocycles. The quantitative estimate of drug-likeness (QED) is 0.730. The molecule has 0 saturated carbocycles. The standard InChI is InChI=1S/C19H19Cl2NO3/c1-13(7-8-14-5-3-2-4-6-14)22-18(23)12-25-19(24)15-9-10-16(20)17(21)11-15/h2-6,9-11,13H,7-8,12H2,1H3,(H,22,23)/t13-/m0/s1. The van der Waals surface area contributed by atoms with Crippen LogP contribution in [0.25, 0.3) is 0 Å². The first-order valence-corrected chi connectivity index (χ1v) is 8.67. The number of hydrogen-bond donors (Lipinski definition) is 1. The van der Waals surface area contributed by atoms with E-state index in [1.54, 1.807) is 0 Å². The Hall–Kier alpha value is -2.04. The van der Waals surface area contributed by atoms with Gasteiger partial charge in [-0.3, -0.25) is 4.79 Å². The molecule has 0 spiro atoms. The van der Waals surface area contributed by atoms with Gasteiger partial charge in [-0.25, -0.2) is 4.79 Å². The van der Waals surface area contributed by atoms with Gasteiger partial charge < -0.3 is 10.1 Å². The molecule has 0 aliphatic carbocycles. The minimum Gasteiger partial charge on any atom is -0.452 e. The third kappa shape index (κ3) is 6.40. The van der Waals surface area contributed by atoms with Gasteiger partial charge in [0.25, 0.3) is 5.91 Å². The first kappa shape index (κ1) is 19.3. The molecule has 1 N–H and O–H groups in total. The third-order valence-electron chi connectivity index (χ3n) is 3.61. The van der Waals surface area contributed by atoms with E-state index in [1.807, 2.05) is 37.3 Å². The molecule has 4 nitrogen and oxygen atoms in total. The van der Waals surface area contributed by atoms with E-state index < -0.39 is 5.97 Å². The molecule has 2 rings (SSSR count). The zero-order valence-corrected chi connectivity index (χ0v) is 15.3. The van der Waals surface area contributed by atoms with E-state index in [2.05, 4.69) is 5.32 Å². The molecule has 0 aliphatic heterocycles. The second-order valence-corrected chi connectivity index (χ2v) is 6.51. The minimum atomic E-state index is -0.620. The van der Waals surface area contributed by atoms with E-state index in [0.717, 1.165) is 12.8 Å². The van der Waals surface area contributed by atoms with Crippen molar-refractivity contribution in [2.75, 3.05) is 6.61 Å². The summed E-state index contributed by atoms with van der Waals surface area (Å²) in [5, 5.41) is 3.42. The summed E-state index contributed by atoms with van der Waals surface area (Å²) in [6, 6.07) is 14.4. The van der Waals surface area contributed by atoms with Gasteiger partial charge >= 0.3 is 5.97 Å². The Morgan fingerprint density at radius 1 is 1.08 bits per heavy atom. The number of halogens is 2. The molecule has 0 bridgehead atoms. The van der Waals surface area contributed by atoms with E-state index in [4.69, 9.17) is 27.9 Å². The van der Waals surface area contributed by atoms with Gasteiger partial charge in [0, 0.05) is 6.04 Å². The highest BCUT2D eigenvalue weighted by Gasteiger charge is 2.13. The molecule has 0 heterocycles. The molecule has 2 aromatic carbocycles. The van der Waals surface area contributed by atoms with Crippen LogP contribution in [0.3, 0.4) is 0 Å². The lowest BCUT2D eigenvalue weighted by Gasteiger charge is -2.14. The topological polar surface area (TPSA) is 55.4 Å². The van der Waals surface area contributed by atoms with Crippen LogP contribution in [0, 0.1) is 0 Å². The summed E-state index contributed by atoms with van der Waals surface area (Å²) in [5.41, 5.74) is 1.47. The minimum absolute atomic E-state index is 0.0172. The normalized spacial score (nSPS) is 11.6. The molecule has 6 heteroatoms. The second-order valence-electron chi connectivity index (χ2n) is 5.70. The molecule has 2 aromatic rings. The van der Waals surface area contributed by atoms with Crippen LogP contribution in [0.2, 0.25) is 10.0 Å². The lowest BCUT2D eigenvalue weighted by Crippen LogP contribution is -2.36. The van der Waals surface area contributed by atoms with Crippen LogP contribution in [0.4, 0.5) is 0 Å². The maximum absolute atomic E-state index is 11.9. The number of ether oxygens (including phenoxy) is 1. The van der Waals surface area contributed by atoms with Gasteiger partial charge in [-0.15, -0.1) is 0 Å². The van der Waals surface area contributed by atoms with E-state index >= 15 is 0 Å². The second kappa shape index (κ2) is 9.44. The largest absolute Gasteiger partial charge is 0.452 e. The Morgan fingerprint density at radius 2 is 1.80 bits per heavy atom. The number of carbonyl (C=O) groups excluding carboxylic acids is 2. The van der Waals surface area contributed by atoms with E-state index in [9.17, 15) is 9.59 Å². The molecule has 132 valence electrons. The number of aryl methyl sites for hydroxylation is 1. The van der Waals surface area contributed by atoms with Crippen LogP contribution in [-0.2, 0) is 16.0 Å². The number of hydrogen-bond acceptors (Lipinski definition) is 3. The lowest BCUT2D eigenvalue weighted by molar-refractivity contribution is -0.124. The fraction of sp³-hybridized carbons (Fsp3) is 0.263. The van der Waals surface area contributed by atoms with Crippen molar-refractivity contribution in [3.63, 3.8) is 0 Å². The van der Waals surface area contributed by atoms with Gasteiger partial charge in [0.05, 0.1) is 15.6 Å². The summed E-state index contributed by atoms with van der Waals surface area (Å²) < 4.78 is 5.00. The fourth-order valence-corrected chi connectivity index (χ4v) is 2.55. The van der Waals surface area contributed by atoms with Crippen molar-refractivity contribution in [3.8, 4) is 0 Å². The molecule has 0 unspecified atom stereocenters. The number of carbonyl (C=O) groups is 2. The molecule has 0 fully saturated rings. The maximum Gasteiger partial charge on any atom is 0.338 e. The monoisotopic (exact) mass is 379 g/mol. The summed E-state index contributed by atoms with van der Waals surface area (Å²) >= 11 is 11.7. The van der Waals surface area contributed by atoms with Crippen LogP contribution in [0.1, 0.15) is 29.3 Å². The molecule has 0 aliphatic rings. The van der Waals surface area contributed by atoms with Crippen LogP contribution < -0.4 is 5.32 Å². The van der Waals surface area contributed by atoms with Gasteiger partial charge in [0.15, 0.2) is 6.61 Å². The van der Waals surface area contributed by atoms with Crippen molar-refractivity contribution in [3.05, 3.63) is 69.7 Å². The predicted molar refractivity (Wildman–Crippen MR) is 99.1 cm³/mol. The van der Waals surface area contributed by atoms with Gasteiger partial charge in [-0.1, -0.05) is 53.5 Å². The highest BCUT2D eigenvalue weighted by molar-refractivity contribution is 6.42. The summed E-state index contributed by atoms with van der Waals surface area (Å²) in [5.74, 6) is -0.959. The Bertz CT molecular complexity index is 735. The molecule has 0 aromatic heterocycles. The van der Waals surface area contributed by atoms with Crippen LogP contribution >= 0.6 is 23.2 Å². The number of benzene rings is 2. The number of rotatable bonds is 7. The maximum atomic E-state index is 11.9. The van der Waals surface area contributed by atoms with Gasteiger partial charge in [-0.2, -0.15) is 0 Å². The molecular formula is C19H19Cl2NO3. The fourth-order valence-electron chi connectivity index (χ4n) is 2.25. The highest BCUT2D eigenvalue weighted by Crippen LogP contribution is 2.22. The molecule has 1 atom stereocenters. The predicted octanol–water partition coefficient (Wildman–Crippen LogP) is 4.29. The molecular weight excluding hydrogens is 361 g/mol. The molecule has 25 heavy (non-hydrogen) atoms. The van der Waals surface area contributed by atoms with Crippen LogP contribution in [-0.4, -0.2) is 24.5 Å².